The van der Waals surface area contributed by atoms with Gasteiger partial charge in [-0.1, -0.05) is 33.6 Å². The van der Waals surface area contributed by atoms with Crippen molar-refractivity contribution in [2.75, 3.05) is 14.1 Å². The van der Waals surface area contributed by atoms with Crippen molar-refractivity contribution < 1.29 is 0 Å². The summed E-state index contributed by atoms with van der Waals surface area (Å²) in [6.45, 7) is 7.96. The van der Waals surface area contributed by atoms with Crippen molar-refractivity contribution in [2.24, 2.45) is 5.73 Å². The number of hydrogen-bond donors (Lipinski definition) is 1. The minimum atomic E-state index is 0.513. The summed E-state index contributed by atoms with van der Waals surface area (Å²) in [5.74, 6) is 0.970. The first-order valence-electron chi connectivity index (χ1n) is 6.97. The van der Waals surface area contributed by atoms with Crippen molar-refractivity contribution in [3.05, 3.63) is 18.2 Å². The predicted molar refractivity (Wildman–Crippen MR) is 78.5 cm³/mol. The topological polar surface area (TPSA) is 47.1 Å². The first kappa shape index (κ1) is 17.1. The van der Waals surface area contributed by atoms with Gasteiger partial charge in [0.05, 0.1) is 6.54 Å². The minimum absolute atomic E-state index is 0.513. The normalized spacial score (nSPS) is 12.2. The highest BCUT2D eigenvalue weighted by molar-refractivity contribution is 4.92. The molecule has 4 nitrogen and oxygen atoms in total. The van der Waals surface area contributed by atoms with Crippen LogP contribution in [0.2, 0.25) is 0 Å². The minimum Gasteiger partial charge on any atom is -0.332 e. The van der Waals surface area contributed by atoms with Crippen LogP contribution in [0.1, 0.15) is 45.9 Å². The van der Waals surface area contributed by atoms with Gasteiger partial charge in [-0.05, 0) is 20.5 Å². The molecule has 0 radical (unpaired) electrons. The largest absolute Gasteiger partial charge is 0.332 e. The summed E-state index contributed by atoms with van der Waals surface area (Å²) in [6, 6.07) is 0.564. The summed E-state index contributed by atoms with van der Waals surface area (Å²) in [4.78, 5) is 6.49. The molecule has 0 aliphatic rings. The second-order valence-electron chi connectivity index (χ2n) is 4.81. The van der Waals surface area contributed by atoms with E-state index in [0.29, 0.717) is 12.6 Å². The Kier molecular flexibility index (Phi) is 9.60. The Morgan fingerprint density at radius 1 is 1.33 bits per heavy atom. The standard InChI is InChI=1S/C11H22N4.C3H8/c1-4-5-10(14(2)3)9-15-7-6-13-11(15)8-12;1-3-2/h6-7,10H,4-5,8-9,12H2,1-3H3;3H2,1-2H3. The van der Waals surface area contributed by atoms with E-state index in [0.717, 1.165) is 12.4 Å². The first-order chi connectivity index (χ1) is 8.60. The molecule has 0 saturated heterocycles. The fourth-order valence-corrected chi connectivity index (χ4v) is 1.77. The Labute approximate surface area is 112 Å². The van der Waals surface area contributed by atoms with Gasteiger partial charge in [-0.25, -0.2) is 4.98 Å². The molecule has 0 spiro atoms. The number of imidazole rings is 1. The lowest BCUT2D eigenvalue weighted by Crippen LogP contribution is -2.32. The van der Waals surface area contributed by atoms with Crippen LogP contribution in [-0.4, -0.2) is 34.6 Å². The number of hydrogen-bond acceptors (Lipinski definition) is 3. The summed E-state index contributed by atoms with van der Waals surface area (Å²) >= 11 is 0. The third-order valence-corrected chi connectivity index (χ3v) is 2.74. The highest BCUT2D eigenvalue weighted by Gasteiger charge is 2.12. The lowest BCUT2D eigenvalue weighted by Gasteiger charge is -2.24. The van der Waals surface area contributed by atoms with Crippen molar-refractivity contribution in [1.82, 2.24) is 14.5 Å². The van der Waals surface area contributed by atoms with Crippen molar-refractivity contribution >= 4 is 0 Å². The molecule has 1 rings (SSSR count). The summed E-state index contributed by atoms with van der Waals surface area (Å²) in [5.41, 5.74) is 5.62. The Hall–Kier alpha value is -0.870. The molecule has 0 aliphatic heterocycles. The number of likely N-dealkylation sites (N-methyl/N-ethyl adjacent to an activating group) is 1. The van der Waals surface area contributed by atoms with E-state index in [1.165, 1.54) is 19.3 Å². The fourth-order valence-electron chi connectivity index (χ4n) is 1.77. The molecule has 0 aliphatic carbocycles. The smallest absolute Gasteiger partial charge is 0.122 e. The van der Waals surface area contributed by atoms with Crippen molar-refractivity contribution in [1.29, 1.82) is 0 Å². The van der Waals surface area contributed by atoms with Gasteiger partial charge >= 0.3 is 0 Å². The van der Waals surface area contributed by atoms with E-state index in [1.807, 2.05) is 12.4 Å². The highest BCUT2D eigenvalue weighted by Crippen LogP contribution is 2.08. The van der Waals surface area contributed by atoms with Gasteiger partial charge in [0.1, 0.15) is 5.82 Å². The van der Waals surface area contributed by atoms with Crippen LogP contribution in [-0.2, 0) is 13.1 Å². The van der Waals surface area contributed by atoms with Crippen LogP contribution in [0.3, 0.4) is 0 Å². The Bertz CT molecular complexity index is 294. The second-order valence-corrected chi connectivity index (χ2v) is 4.81. The van der Waals surface area contributed by atoms with Gasteiger partial charge < -0.3 is 15.2 Å². The fraction of sp³-hybridized carbons (Fsp3) is 0.786. The molecule has 4 heteroatoms. The second kappa shape index (κ2) is 10.1. The van der Waals surface area contributed by atoms with E-state index >= 15 is 0 Å². The van der Waals surface area contributed by atoms with Crippen LogP contribution in [0.4, 0.5) is 0 Å². The van der Waals surface area contributed by atoms with Gasteiger partial charge in [-0.15, -0.1) is 0 Å². The molecule has 1 aromatic heterocycles. The Balaban J connectivity index is 0.000000873. The van der Waals surface area contributed by atoms with Gasteiger partial charge in [0.25, 0.3) is 0 Å². The quantitative estimate of drug-likeness (QED) is 0.848. The van der Waals surface area contributed by atoms with E-state index in [-0.39, 0.29) is 0 Å². The molecule has 106 valence electrons. The SMILES string of the molecule is CCC.CCCC(Cn1ccnc1CN)N(C)C. The van der Waals surface area contributed by atoms with Crippen LogP contribution >= 0.6 is 0 Å². The van der Waals surface area contributed by atoms with Crippen LogP contribution < -0.4 is 5.73 Å². The van der Waals surface area contributed by atoms with Crippen LogP contribution in [0, 0.1) is 0 Å². The van der Waals surface area contributed by atoms with Gasteiger partial charge in [0.15, 0.2) is 0 Å². The number of aromatic nitrogens is 2. The maximum atomic E-state index is 5.62. The zero-order valence-corrected chi connectivity index (χ0v) is 12.7. The van der Waals surface area contributed by atoms with Crippen LogP contribution in [0.15, 0.2) is 12.4 Å². The van der Waals surface area contributed by atoms with Crippen LogP contribution in [0.5, 0.6) is 0 Å². The van der Waals surface area contributed by atoms with E-state index in [9.17, 15) is 0 Å². The van der Waals surface area contributed by atoms with Gasteiger partial charge in [0.2, 0.25) is 0 Å². The average Bonchev–Trinajstić information content (AvgIpc) is 2.76. The van der Waals surface area contributed by atoms with E-state index < -0.39 is 0 Å². The molecule has 1 atom stereocenters. The lowest BCUT2D eigenvalue weighted by molar-refractivity contribution is 0.247. The Morgan fingerprint density at radius 3 is 2.39 bits per heavy atom. The molecule has 0 saturated carbocycles. The van der Waals surface area contributed by atoms with Gasteiger partial charge in [-0.3, -0.25) is 0 Å². The molecular weight excluding hydrogens is 224 g/mol. The third-order valence-electron chi connectivity index (χ3n) is 2.74. The number of nitrogens with zero attached hydrogens (tertiary/aromatic N) is 3. The van der Waals surface area contributed by atoms with Crippen molar-refractivity contribution in [2.45, 2.75) is 59.2 Å². The molecule has 0 aromatic carbocycles. The summed E-state index contributed by atoms with van der Waals surface area (Å²) in [5, 5.41) is 0. The lowest BCUT2D eigenvalue weighted by atomic mass is 10.1. The zero-order valence-electron chi connectivity index (χ0n) is 12.7. The third kappa shape index (κ3) is 6.17. The summed E-state index contributed by atoms with van der Waals surface area (Å²) < 4.78 is 2.15. The molecule has 2 N–H and O–H groups in total. The number of nitrogens with two attached hydrogens (primary N) is 1. The predicted octanol–water partition coefficient (Wildman–Crippen LogP) is 2.49. The molecule has 0 amide bonds. The molecular formula is C14H30N4. The van der Waals surface area contributed by atoms with Crippen LogP contribution in [0.25, 0.3) is 0 Å². The maximum absolute atomic E-state index is 5.62. The van der Waals surface area contributed by atoms with E-state index in [1.54, 1.807) is 0 Å². The average molecular weight is 254 g/mol. The maximum Gasteiger partial charge on any atom is 0.122 e. The summed E-state index contributed by atoms with van der Waals surface area (Å²) in [6.07, 6.45) is 7.49. The van der Waals surface area contributed by atoms with E-state index in [2.05, 4.69) is 49.3 Å². The first-order valence-corrected chi connectivity index (χ1v) is 6.97. The van der Waals surface area contributed by atoms with Crippen molar-refractivity contribution in [3.8, 4) is 0 Å². The molecule has 18 heavy (non-hydrogen) atoms. The highest BCUT2D eigenvalue weighted by atomic mass is 15.2. The van der Waals surface area contributed by atoms with Gasteiger partial charge in [0, 0.05) is 25.0 Å². The molecule has 1 unspecified atom stereocenters. The summed E-state index contributed by atoms with van der Waals surface area (Å²) in [7, 11) is 4.25. The Morgan fingerprint density at radius 2 is 1.94 bits per heavy atom. The molecule has 0 fully saturated rings. The monoisotopic (exact) mass is 254 g/mol. The van der Waals surface area contributed by atoms with Crippen molar-refractivity contribution in [3.63, 3.8) is 0 Å². The van der Waals surface area contributed by atoms with E-state index in [4.69, 9.17) is 5.73 Å². The molecule has 1 aromatic rings. The van der Waals surface area contributed by atoms with Gasteiger partial charge in [-0.2, -0.15) is 0 Å². The molecule has 1 heterocycles. The number of rotatable bonds is 6. The molecule has 0 bridgehead atoms. The zero-order chi connectivity index (χ0) is 14.0.